The Morgan fingerprint density at radius 1 is 1.19 bits per heavy atom. The molecule has 1 aliphatic carbocycles. The molecule has 0 aromatic heterocycles. The van der Waals surface area contributed by atoms with Gasteiger partial charge in [0.05, 0.1) is 0 Å². The molecule has 2 atom stereocenters. The summed E-state index contributed by atoms with van der Waals surface area (Å²) in [6, 6.07) is 1.58. The van der Waals surface area contributed by atoms with Crippen LogP contribution >= 0.6 is 11.8 Å². The molecule has 1 nitrogen and oxygen atoms in total. The highest BCUT2D eigenvalue weighted by molar-refractivity contribution is 7.99. The summed E-state index contributed by atoms with van der Waals surface area (Å²) in [5, 5.41) is 4.82. The maximum Gasteiger partial charge on any atom is 0.00801 e. The highest BCUT2D eigenvalue weighted by Gasteiger charge is 2.22. The first-order chi connectivity index (χ1) is 7.80. The average molecular weight is 243 g/mol. The van der Waals surface area contributed by atoms with Crippen LogP contribution in [-0.4, -0.2) is 23.6 Å². The fourth-order valence-electron chi connectivity index (χ4n) is 2.85. The second-order valence-electron chi connectivity index (χ2n) is 5.16. The maximum atomic E-state index is 3.91. The summed E-state index contributed by atoms with van der Waals surface area (Å²) in [6.07, 6.45) is 13.3. The van der Waals surface area contributed by atoms with Gasteiger partial charge < -0.3 is 5.32 Å². The van der Waals surface area contributed by atoms with E-state index in [1.54, 1.807) is 0 Å². The third-order valence-electron chi connectivity index (χ3n) is 3.71. The molecule has 0 aliphatic heterocycles. The molecular weight excluding hydrogens is 214 g/mol. The third kappa shape index (κ3) is 5.09. The molecule has 96 valence electrons. The molecule has 1 N–H and O–H groups in total. The van der Waals surface area contributed by atoms with Gasteiger partial charge in [-0.2, -0.15) is 11.8 Å². The maximum absolute atomic E-state index is 3.91. The molecule has 2 unspecified atom stereocenters. The smallest absolute Gasteiger partial charge is 0.00801 e. The van der Waals surface area contributed by atoms with Crippen LogP contribution < -0.4 is 5.32 Å². The molecule has 0 spiro atoms. The van der Waals surface area contributed by atoms with Gasteiger partial charge in [0.15, 0.2) is 0 Å². The zero-order chi connectivity index (χ0) is 11.8. The fourth-order valence-corrected chi connectivity index (χ4v) is 3.68. The van der Waals surface area contributed by atoms with E-state index in [1.807, 2.05) is 0 Å². The van der Waals surface area contributed by atoms with Gasteiger partial charge in [-0.05, 0) is 38.4 Å². The van der Waals surface area contributed by atoms with Crippen molar-refractivity contribution < 1.29 is 0 Å². The molecule has 1 rings (SSSR count). The summed E-state index contributed by atoms with van der Waals surface area (Å²) in [5.74, 6) is 0. The summed E-state index contributed by atoms with van der Waals surface area (Å²) in [4.78, 5) is 0. The highest BCUT2D eigenvalue weighted by atomic mass is 32.2. The first kappa shape index (κ1) is 14.4. The first-order valence-electron chi connectivity index (χ1n) is 7.09. The Morgan fingerprint density at radius 3 is 2.44 bits per heavy atom. The van der Waals surface area contributed by atoms with Crippen LogP contribution in [0.25, 0.3) is 0 Å². The Hall–Kier alpha value is 0.310. The van der Waals surface area contributed by atoms with Crippen molar-refractivity contribution in [2.75, 3.05) is 6.26 Å². The number of thioether (sulfide) groups is 1. The minimum atomic E-state index is 0.778. The standard InChI is InChI=1S/C14H29NS/c1-4-7-12(8-5-2)15-13-9-6-10-14(11-13)16-3/h12-15H,4-11H2,1-3H3. The largest absolute Gasteiger partial charge is 0.311 e. The number of rotatable bonds is 7. The van der Waals surface area contributed by atoms with E-state index in [0.717, 1.165) is 17.3 Å². The Balaban J connectivity index is 2.31. The zero-order valence-corrected chi connectivity index (χ0v) is 12.1. The molecule has 0 saturated heterocycles. The third-order valence-corrected chi connectivity index (χ3v) is 4.80. The molecule has 0 aromatic rings. The molecule has 1 saturated carbocycles. The van der Waals surface area contributed by atoms with E-state index in [0.29, 0.717) is 0 Å². The molecule has 0 radical (unpaired) electrons. The van der Waals surface area contributed by atoms with Crippen molar-refractivity contribution in [3.8, 4) is 0 Å². The predicted octanol–water partition coefficient (Wildman–Crippen LogP) is 4.22. The quantitative estimate of drug-likeness (QED) is 0.718. The van der Waals surface area contributed by atoms with Crippen molar-refractivity contribution in [2.24, 2.45) is 0 Å². The van der Waals surface area contributed by atoms with Gasteiger partial charge in [0, 0.05) is 17.3 Å². The van der Waals surface area contributed by atoms with Crippen LogP contribution in [-0.2, 0) is 0 Å². The Bertz CT molecular complexity index is 166. The topological polar surface area (TPSA) is 12.0 Å². The molecule has 1 aliphatic rings. The monoisotopic (exact) mass is 243 g/mol. The van der Waals surface area contributed by atoms with Gasteiger partial charge in [0.25, 0.3) is 0 Å². The SMILES string of the molecule is CCCC(CCC)NC1CCCC(SC)C1. The first-order valence-corrected chi connectivity index (χ1v) is 8.37. The molecule has 16 heavy (non-hydrogen) atoms. The zero-order valence-electron chi connectivity index (χ0n) is 11.3. The van der Waals surface area contributed by atoms with Crippen molar-refractivity contribution in [2.45, 2.75) is 82.5 Å². The number of nitrogens with one attached hydrogen (secondary N) is 1. The number of hydrogen-bond acceptors (Lipinski definition) is 2. The molecule has 0 heterocycles. The van der Waals surface area contributed by atoms with E-state index in [4.69, 9.17) is 0 Å². The minimum absolute atomic E-state index is 0.778. The van der Waals surface area contributed by atoms with Crippen LogP contribution in [0.3, 0.4) is 0 Å². The Labute approximate surface area is 106 Å². The van der Waals surface area contributed by atoms with E-state index in [-0.39, 0.29) is 0 Å². The summed E-state index contributed by atoms with van der Waals surface area (Å²) in [7, 11) is 0. The van der Waals surface area contributed by atoms with Crippen LogP contribution in [0, 0.1) is 0 Å². The molecule has 1 fully saturated rings. The predicted molar refractivity (Wildman–Crippen MR) is 76.3 cm³/mol. The number of hydrogen-bond donors (Lipinski definition) is 1. The second kappa shape index (κ2) is 8.41. The lowest BCUT2D eigenvalue weighted by Crippen LogP contribution is -2.41. The van der Waals surface area contributed by atoms with Crippen molar-refractivity contribution in [1.29, 1.82) is 0 Å². The van der Waals surface area contributed by atoms with Crippen LogP contribution in [0.1, 0.15) is 65.2 Å². The van der Waals surface area contributed by atoms with E-state index in [9.17, 15) is 0 Å². The van der Waals surface area contributed by atoms with Gasteiger partial charge in [-0.15, -0.1) is 0 Å². The van der Waals surface area contributed by atoms with Crippen molar-refractivity contribution >= 4 is 11.8 Å². The van der Waals surface area contributed by atoms with E-state index >= 15 is 0 Å². The van der Waals surface area contributed by atoms with Crippen molar-refractivity contribution in [3.63, 3.8) is 0 Å². The second-order valence-corrected chi connectivity index (χ2v) is 6.30. The van der Waals surface area contributed by atoms with E-state index < -0.39 is 0 Å². The van der Waals surface area contributed by atoms with Gasteiger partial charge in [-0.25, -0.2) is 0 Å². The summed E-state index contributed by atoms with van der Waals surface area (Å²) < 4.78 is 0. The molecule has 0 bridgehead atoms. The highest BCUT2D eigenvalue weighted by Crippen LogP contribution is 2.27. The van der Waals surface area contributed by atoms with Crippen LogP contribution in [0.2, 0.25) is 0 Å². The lowest BCUT2D eigenvalue weighted by atomic mass is 9.93. The van der Waals surface area contributed by atoms with Crippen LogP contribution in [0.5, 0.6) is 0 Å². The minimum Gasteiger partial charge on any atom is -0.311 e. The molecule has 0 aromatic carbocycles. The van der Waals surface area contributed by atoms with Gasteiger partial charge in [-0.1, -0.05) is 33.1 Å². The Kier molecular flexibility index (Phi) is 7.55. The van der Waals surface area contributed by atoms with Gasteiger partial charge in [0.2, 0.25) is 0 Å². The lowest BCUT2D eigenvalue weighted by Gasteiger charge is -2.32. The Morgan fingerprint density at radius 2 is 1.88 bits per heavy atom. The van der Waals surface area contributed by atoms with Gasteiger partial charge in [-0.3, -0.25) is 0 Å². The molecule has 2 heteroatoms. The summed E-state index contributed by atoms with van der Waals surface area (Å²) in [6.45, 7) is 4.60. The van der Waals surface area contributed by atoms with E-state index in [2.05, 4.69) is 37.2 Å². The summed E-state index contributed by atoms with van der Waals surface area (Å²) in [5.41, 5.74) is 0. The van der Waals surface area contributed by atoms with E-state index in [1.165, 1.54) is 51.4 Å². The van der Waals surface area contributed by atoms with Crippen LogP contribution in [0.4, 0.5) is 0 Å². The average Bonchev–Trinajstić information content (AvgIpc) is 2.30. The normalized spacial score (nSPS) is 26.2. The summed E-state index contributed by atoms with van der Waals surface area (Å²) >= 11 is 2.06. The molecule has 0 amide bonds. The van der Waals surface area contributed by atoms with Crippen molar-refractivity contribution in [1.82, 2.24) is 5.32 Å². The fraction of sp³-hybridized carbons (Fsp3) is 1.00. The molecular formula is C14H29NS. The lowest BCUT2D eigenvalue weighted by molar-refractivity contribution is 0.320. The van der Waals surface area contributed by atoms with Gasteiger partial charge >= 0.3 is 0 Å². The van der Waals surface area contributed by atoms with Crippen LogP contribution in [0.15, 0.2) is 0 Å². The van der Waals surface area contributed by atoms with Gasteiger partial charge in [0.1, 0.15) is 0 Å². The van der Waals surface area contributed by atoms with Crippen molar-refractivity contribution in [3.05, 3.63) is 0 Å².